The van der Waals surface area contributed by atoms with Gasteiger partial charge in [-0.3, -0.25) is 9.59 Å². The van der Waals surface area contributed by atoms with Crippen LogP contribution in [0, 0.1) is 0 Å². The van der Waals surface area contributed by atoms with Crippen LogP contribution in [-0.4, -0.2) is 56.4 Å². The largest absolute Gasteiger partial charge is 0.444 e. The molecule has 0 spiro atoms. The Hall–Kier alpha value is -2.09. The molecule has 0 saturated carbocycles. The van der Waals surface area contributed by atoms with Crippen molar-refractivity contribution >= 4 is 17.9 Å². The molecule has 0 aromatic rings. The maximum atomic E-state index is 11.7. The maximum Gasteiger partial charge on any atom is 0.408 e. The van der Waals surface area contributed by atoms with Crippen LogP contribution < -0.4 is 16.0 Å². The minimum atomic E-state index is -0.644. The van der Waals surface area contributed by atoms with E-state index < -0.39 is 11.7 Å². The van der Waals surface area contributed by atoms with Gasteiger partial charge in [0.25, 0.3) is 0 Å². The van der Waals surface area contributed by atoms with Crippen molar-refractivity contribution in [1.82, 2.24) is 16.0 Å². The summed E-state index contributed by atoms with van der Waals surface area (Å²) in [5, 5.41) is 7.65. The van der Waals surface area contributed by atoms with Crippen molar-refractivity contribution in [1.29, 1.82) is 0 Å². The first-order valence-corrected chi connectivity index (χ1v) is 8.05. The fourth-order valence-electron chi connectivity index (χ4n) is 1.93. The van der Waals surface area contributed by atoms with E-state index >= 15 is 0 Å². The summed E-state index contributed by atoms with van der Waals surface area (Å²) in [6.07, 6.45) is 2.50. The summed E-state index contributed by atoms with van der Waals surface area (Å²) in [6, 6.07) is 0. The van der Waals surface area contributed by atoms with Crippen LogP contribution in [0.4, 0.5) is 4.79 Å². The maximum absolute atomic E-state index is 11.7. The number of amides is 3. The SMILES string of the molecule is CC(C)(C)OC(=O)NCC(=O)NCCNC(=O)C=C1CCOCC1. The van der Waals surface area contributed by atoms with Crippen molar-refractivity contribution in [3.05, 3.63) is 11.6 Å². The molecule has 1 aliphatic rings. The first-order valence-electron chi connectivity index (χ1n) is 8.05. The second-order valence-corrected chi connectivity index (χ2v) is 6.41. The lowest BCUT2D eigenvalue weighted by atomic mass is 10.1. The average Bonchev–Trinajstić information content (AvgIpc) is 2.49. The van der Waals surface area contributed by atoms with Gasteiger partial charge in [0, 0.05) is 19.2 Å². The van der Waals surface area contributed by atoms with Crippen LogP contribution >= 0.6 is 0 Å². The molecular weight excluding hydrogens is 314 g/mol. The number of carbonyl (C=O) groups excluding carboxylic acids is 3. The Morgan fingerprint density at radius 3 is 2.33 bits per heavy atom. The summed E-state index contributed by atoms with van der Waals surface area (Å²) in [5.41, 5.74) is 0.466. The molecule has 1 fully saturated rings. The lowest BCUT2D eigenvalue weighted by molar-refractivity contribution is -0.120. The van der Waals surface area contributed by atoms with Gasteiger partial charge in [0.15, 0.2) is 0 Å². The second kappa shape index (κ2) is 9.92. The average molecular weight is 341 g/mol. The molecule has 8 heteroatoms. The Balaban J connectivity index is 2.10. The minimum absolute atomic E-state index is 0.173. The Kier molecular flexibility index (Phi) is 8.25. The second-order valence-electron chi connectivity index (χ2n) is 6.41. The molecule has 8 nitrogen and oxygen atoms in total. The van der Waals surface area contributed by atoms with E-state index in [2.05, 4.69) is 16.0 Å². The lowest BCUT2D eigenvalue weighted by Gasteiger charge is -2.19. The number of carbonyl (C=O) groups is 3. The molecule has 0 atom stereocenters. The van der Waals surface area contributed by atoms with E-state index in [1.54, 1.807) is 26.8 Å². The smallest absolute Gasteiger partial charge is 0.408 e. The van der Waals surface area contributed by atoms with Crippen molar-refractivity contribution in [3.63, 3.8) is 0 Å². The molecule has 0 bridgehead atoms. The molecule has 0 unspecified atom stereocenters. The number of rotatable bonds is 6. The van der Waals surface area contributed by atoms with Gasteiger partial charge in [0.05, 0.1) is 19.8 Å². The predicted molar refractivity (Wildman–Crippen MR) is 88.4 cm³/mol. The van der Waals surface area contributed by atoms with E-state index in [0.29, 0.717) is 19.8 Å². The number of ether oxygens (including phenoxy) is 2. The minimum Gasteiger partial charge on any atom is -0.444 e. The van der Waals surface area contributed by atoms with Gasteiger partial charge in [0.1, 0.15) is 5.60 Å². The number of hydrogen-bond acceptors (Lipinski definition) is 5. The van der Waals surface area contributed by atoms with Crippen molar-refractivity contribution < 1.29 is 23.9 Å². The molecule has 0 aliphatic carbocycles. The van der Waals surface area contributed by atoms with E-state index in [-0.39, 0.29) is 24.9 Å². The zero-order valence-electron chi connectivity index (χ0n) is 14.6. The molecule has 1 aliphatic heterocycles. The van der Waals surface area contributed by atoms with Crippen LogP contribution in [0.1, 0.15) is 33.6 Å². The van der Waals surface area contributed by atoms with Gasteiger partial charge >= 0.3 is 6.09 Å². The third-order valence-corrected chi connectivity index (χ3v) is 3.01. The van der Waals surface area contributed by atoms with E-state index in [4.69, 9.17) is 9.47 Å². The first-order chi connectivity index (χ1) is 11.3. The van der Waals surface area contributed by atoms with Crippen LogP contribution in [0.5, 0.6) is 0 Å². The van der Waals surface area contributed by atoms with Gasteiger partial charge in [-0.2, -0.15) is 0 Å². The Morgan fingerprint density at radius 1 is 1.08 bits per heavy atom. The van der Waals surface area contributed by atoms with Crippen molar-refractivity contribution in [2.24, 2.45) is 0 Å². The zero-order chi connectivity index (χ0) is 18.0. The van der Waals surface area contributed by atoms with Crippen molar-refractivity contribution in [2.75, 3.05) is 32.8 Å². The zero-order valence-corrected chi connectivity index (χ0v) is 14.6. The lowest BCUT2D eigenvalue weighted by Crippen LogP contribution is -2.41. The van der Waals surface area contributed by atoms with Crippen molar-refractivity contribution in [3.8, 4) is 0 Å². The summed E-state index contributed by atoms with van der Waals surface area (Å²) in [4.78, 5) is 34.6. The third kappa shape index (κ3) is 9.83. The standard InChI is InChI=1S/C16H27N3O5/c1-16(2,3)24-15(22)19-11-14(21)18-7-6-17-13(20)10-12-4-8-23-9-5-12/h10H,4-9,11H2,1-3H3,(H,17,20)(H,18,21)(H,19,22). The van der Waals surface area contributed by atoms with Gasteiger partial charge in [-0.05, 0) is 33.6 Å². The molecule has 1 rings (SSSR count). The van der Waals surface area contributed by atoms with Gasteiger partial charge in [-0.15, -0.1) is 0 Å². The number of hydrogen-bond donors (Lipinski definition) is 3. The van der Waals surface area contributed by atoms with Crippen molar-refractivity contribution in [2.45, 2.75) is 39.2 Å². The van der Waals surface area contributed by atoms with Gasteiger partial charge in [0.2, 0.25) is 11.8 Å². The highest BCUT2D eigenvalue weighted by Crippen LogP contribution is 2.12. The monoisotopic (exact) mass is 341 g/mol. The van der Waals surface area contributed by atoms with Crippen LogP contribution in [-0.2, 0) is 19.1 Å². The van der Waals surface area contributed by atoms with E-state index in [1.165, 1.54) is 0 Å². The Labute approximate surface area is 142 Å². The molecule has 24 heavy (non-hydrogen) atoms. The number of nitrogens with one attached hydrogen (secondary N) is 3. The van der Waals surface area contributed by atoms with Gasteiger partial charge in [-0.1, -0.05) is 5.57 Å². The Morgan fingerprint density at radius 2 is 1.71 bits per heavy atom. The summed E-state index contributed by atoms with van der Waals surface area (Å²) < 4.78 is 10.2. The number of alkyl carbamates (subject to hydrolysis) is 1. The summed E-state index contributed by atoms with van der Waals surface area (Å²) in [6.45, 7) is 6.96. The Bertz CT molecular complexity index is 475. The fraction of sp³-hybridized carbons (Fsp3) is 0.688. The van der Waals surface area contributed by atoms with E-state index in [1.807, 2.05) is 0 Å². The van der Waals surface area contributed by atoms with Crippen LogP contribution in [0.15, 0.2) is 11.6 Å². The molecule has 1 heterocycles. The fourth-order valence-corrected chi connectivity index (χ4v) is 1.93. The molecule has 1 saturated heterocycles. The summed E-state index contributed by atoms with van der Waals surface area (Å²) in [5.74, 6) is -0.522. The van der Waals surface area contributed by atoms with Crippen LogP contribution in [0.2, 0.25) is 0 Å². The quantitative estimate of drug-likeness (QED) is 0.481. The summed E-state index contributed by atoms with van der Waals surface area (Å²) in [7, 11) is 0. The molecule has 0 aromatic heterocycles. The molecule has 3 amide bonds. The molecule has 3 N–H and O–H groups in total. The molecule has 0 aromatic carbocycles. The predicted octanol–water partition coefficient (Wildman–Crippen LogP) is 0.480. The molecular formula is C16H27N3O5. The van der Waals surface area contributed by atoms with Crippen LogP contribution in [0.25, 0.3) is 0 Å². The highest BCUT2D eigenvalue weighted by atomic mass is 16.6. The normalized spacial score (nSPS) is 14.5. The topological polar surface area (TPSA) is 106 Å². The van der Waals surface area contributed by atoms with Gasteiger partial charge in [-0.25, -0.2) is 4.79 Å². The molecule has 136 valence electrons. The van der Waals surface area contributed by atoms with Gasteiger partial charge < -0.3 is 25.4 Å². The third-order valence-electron chi connectivity index (χ3n) is 3.01. The highest BCUT2D eigenvalue weighted by molar-refractivity contribution is 5.88. The highest BCUT2D eigenvalue weighted by Gasteiger charge is 2.16. The van der Waals surface area contributed by atoms with Crippen LogP contribution in [0.3, 0.4) is 0 Å². The van der Waals surface area contributed by atoms with E-state index in [0.717, 1.165) is 18.4 Å². The first kappa shape index (κ1) is 20.0. The summed E-state index contributed by atoms with van der Waals surface area (Å²) >= 11 is 0. The molecule has 0 radical (unpaired) electrons. The van der Waals surface area contributed by atoms with E-state index in [9.17, 15) is 14.4 Å².